The predicted octanol–water partition coefficient (Wildman–Crippen LogP) is 3.47. The third-order valence-corrected chi connectivity index (χ3v) is 4.66. The fraction of sp³-hybridized carbons (Fsp3) is 0.500. The van der Waals surface area contributed by atoms with Crippen molar-refractivity contribution in [3.8, 4) is 5.75 Å². The van der Waals surface area contributed by atoms with Crippen LogP contribution in [-0.2, 0) is 9.59 Å². The Labute approximate surface area is 145 Å². The van der Waals surface area contributed by atoms with Crippen LogP contribution in [0.2, 0.25) is 10.0 Å². The Morgan fingerprint density at radius 3 is 2.70 bits per heavy atom. The monoisotopic (exact) mass is 359 g/mol. The van der Waals surface area contributed by atoms with Gasteiger partial charge < -0.3 is 14.7 Å². The number of nitrogens with zero attached hydrogens (tertiary/aromatic N) is 1. The topological polar surface area (TPSA) is 66.8 Å². The minimum atomic E-state index is -0.871. The average Bonchev–Trinajstić information content (AvgIpc) is 2.49. The van der Waals surface area contributed by atoms with Gasteiger partial charge in [-0.05, 0) is 44.9 Å². The highest BCUT2D eigenvalue weighted by atomic mass is 35.5. The Hall–Kier alpha value is -1.46. The van der Waals surface area contributed by atoms with Gasteiger partial charge in [0, 0.05) is 17.6 Å². The zero-order valence-electron chi connectivity index (χ0n) is 13.0. The smallest absolute Gasteiger partial charge is 0.308 e. The van der Waals surface area contributed by atoms with Gasteiger partial charge in [0.2, 0.25) is 0 Å². The van der Waals surface area contributed by atoms with E-state index in [1.165, 1.54) is 0 Å². The third-order valence-electron chi connectivity index (χ3n) is 4.13. The van der Waals surface area contributed by atoms with Crippen molar-refractivity contribution < 1.29 is 19.4 Å². The summed E-state index contributed by atoms with van der Waals surface area (Å²) in [5, 5.41) is 10.1. The lowest BCUT2D eigenvalue weighted by Crippen LogP contribution is -2.52. The van der Waals surface area contributed by atoms with Gasteiger partial charge >= 0.3 is 5.97 Å². The van der Waals surface area contributed by atoms with E-state index < -0.39 is 18.0 Å². The van der Waals surface area contributed by atoms with E-state index in [1.807, 2.05) is 0 Å². The number of benzene rings is 1. The van der Waals surface area contributed by atoms with Crippen LogP contribution < -0.4 is 4.74 Å². The third kappa shape index (κ3) is 4.09. The number of carbonyl (C=O) groups excluding carboxylic acids is 1. The molecule has 0 spiro atoms. The van der Waals surface area contributed by atoms with Gasteiger partial charge in [-0.2, -0.15) is 0 Å². The molecule has 3 atom stereocenters. The largest absolute Gasteiger partial charge is 0.481 e. The fourth-order valence-electron chi connectivity index (χ4n) is 2.83. The number of halogens is 2. The summed E-state index contributed by atoms with van der Waals surface area (Å²) in [6.07, 6.45) is 0.490. The minimum absolute atomic E-state index is 0.241. The number of carboxylic acid groups (broad SMARTS) is 1. The molecule has 1 unspecified atom stereocenters. The summed E-state index contributed by atoms with van der Waals surface area (Å²) < 4.78 is 5.63. The number of amides is 1. The molecule has 5 nitrogen and oxygen atoms in total. The maximum atomic E-state index is 12.6. The van der Waals surface area contributed by atoms with E-state index in [2.05, 4.69) is 0 Å². The number of rotatable bonds is 4. The van der Waals surface area contributed by atoms with E-state index in [0.717, 1.165) is 0 Å². The van der Waals surface area contributed by atoms with Crippen LogP contribution in [0, 0.1) is 5.92 Å². The zero-order valence-corrected chi connectivity index (χ0v) is 14.5. The molecule has 1 amide bonds. The number of carboxylic acids is 1. The van der Waals surface area contributed by atoms with Crippen LogP contribution in [-0.4, -0.2) is 40.6 Å². The number of piperidine rings is 1. The molecule has 1 fully saturated rings. The molecule has 1 aliphatic heterocycles. The van der Waals surface area contributed by atoms with Gasteiger partial charge in [-0.3, -0.25) is 9.59 Å². The van der Waals surface area contributed by atoms with Gasteiger partial charge in [0.05, 0.1) is 10.9 Å². The van der Waals surface area contributed by atoms with Crippen LogP contribution in [0.1, 0.15) is 26.7 Å². The van der Waals surface area contributed by atoms with Crippen LogP contribution in [0.15, 0.2) is 18.2 Å². The average molecular weight is 360 g/mol. The molecule has 0 bridgehead atoms. The van der Waals surface area contributed by atoms with Crippen molar-refractivity contribution in [1.29, 1.82) is 0 Å². The van der Waals surface area contributed by atoms with Gasteiger partial charge in [0.25, 0.3) is 5.91 Å². The van der Waals surface area contributed by atoms with Crippen molar-refractivity contribution in [3.63, 3.8) is 0 Å². The lowest BCUT2D eigenvalue weighted by molar-refractivity contribution is -0.151. The molecule has 0 saturated carbocycles. The van der Waals surface area contributed by atoms with Crippen molar-refractivity contribution in [2.45, 2.75) is 38.8 Å². The Morgan fingerprint density at radius 1 is 1.39 bits per heavy atom. The van der Waals surface area contributed by atoms with Gasteiger partial charge in [0.15, 0.2) is 6.10 Å². The van der Waals surface area contributed by atoms with E-state index in [-0.39, 0.29) is 11.9 Å². The number of ether oxygens (including phenoxy) is 1. The van der Waals surface area contributed by atoms with E-state index >= 15 is 0 Å². The van der Waals surface area contributed by atoms with Crippen molar-refractivity contribution in [1.82, 2.24) is 4.90 Å². The Kier molecular flexibility index (Phi) is 5.76. The molecule has 0 radical (unpaired) electrons. The summed E-state index contributed by atoms with van der Waals surface area (Å²) in [5.41, 5.74) is 0. The molecule has 2 rings (SSSR count). The summed E-state index contributed by atoms with van der Waals surface area (Å²) >= 11 is 11.9. The molecule has 1 N–H and O–H groups in total. The van der Waals surface area contributed by atoms with Crippen molar-refractivity contribution in [3.05, 3.63) is 28.2 Å². The molecule has 7 heteroatoms. The number of aliphatic carboxylic acids is 1. The summed E-state index contributed by atoms with van der Waals surface area (Å²) in [6, 6.07) is 4.41. The van der Waals surface area contributed by atoms with E-state index in [4.69, 9.17) is 27.9 Å². The highest BCUT2D eigenvalue weighted by Crippen LogP contribution is 2.29. The Balaban J connectivity index is 2.08. The van der Waals surface area contributed by atoms with Gasteiger partial charge in [-0.25, -0.2) is 0 Å². The summed E-state index contributed by atoms with van der Waals surface area (Å²) in [4.78, 5) is 25.4. The van der Waals surface area contributed by atoms with Crippen molar-refractivity contribution in [2.75, 3.05) is 6.54 Å². The number of likely N-dealkylation sites (tertiary alicyclic amines) is 1. The molecular formula is C16H19Cl2NO4. The predicted molar refractivity (Wildman–Crippen MR) is 88.1 cm³/mol. The second-order valence-corrected chi connectivity index (χ2v) is 6.54. The zero-order chi connectivity index (χ0) is 17.1. The maximum absolute atomic E-state index is 12.6. The molecule has 1 aromatic carbocycles. The Morgan fingerprint density at radius 2 is 2.09 bits per heavy atom. The molecule has 0 aliphatic carbocycles. The number of hydrogen-bond acceptors (Lipinski definition) is 3. The van der Waals surface area contributed by atoms with E-state index in [1.54, 1.807) is 36.9 Å². The fourth-order valence-corrected chi connectivity index (χ4v) is 3.28. The molecule has 1 aromatic rings. The first-order valence-corrected chi connectivity index (χ1v) is 8.22. The molecular weight excluding hydrogens is 341 g/mol. The second-order valence-electron chi connectivity index (χ2n) is 5.69. The first kappa shape index (κ1) is 17.9. The quantitative estimate of drug-likeness (QED) is 0.893. The minimum Gasteiger partial charge on any atom is -0.481 e. The van der Waals surface area contributed by atoms with E-state index in [0.29, 0.717) is 35.2 Å². The number of carbonyl (C=O) groups is 2. The first-order chi connectivity index (χ1) is 10.8. The van der Waals surface area contributed by atoms with Gasteiger partial charge in [-0.15, -0.1) is 0 Å². The van der Waals surface area contributed by atoms with Crippen LogP contribution >= 0.6 is 23.2 Å². The number of hydrogen-bond donors (Lipinski definition) is 1. The molecule has 1 heterocycles. The van der Waals surface area contributed by atoms with Crippen LogP contribution in [0.4, 0.5) is 0 Å². The highest BCUT2D eigenvalue weighted by Gasteiger charge is 2.37. The molecule has 126 valence electrons. The van der Waals surface area contributed by atoms with Crippen LogP contribution in [0.5, 0.6) is 5.75 Å². The van der Waals surface area contributed by atoms with E-state index in [9.17, 15) is 14.7 Å². The Bertz CT molecular complexity index is 608. The molecule has 1 aliphatic rings. The first-order valence-electron chi connectivity index (χ1n) is 7.46. The van der Waals surface area contributed by atoms with Crippen LogP contribution in [0.3, 0.4) is 0 Å². The standard InChI is InChI=1S/C16H19Cl2NO4/c1-9-12(16(21)22)4-3-7-19(9)15(20)10(2)23-14-6-5-11(17)8-13(14)18/h5-6,8-10,12H,3-4,7H2,1-2H3,(H,21,22)/t9-,10?,12-/m0/s1. The SMILES string of the molecule is CC(Oc1ccc(Cl)cc1Cl)C(=O)N1CCC[C@H](C(=O)O)[C@@H]1C. The lowest BCUT2D eigenvalue weighted by Gasteiger charge is -2.38. The second kappa shape index (κ2) is 7.41. The summed E-state index contributed by atoms with van der Waals surface area (Å²) in [7, 11) is 0. The molecule has 0 aromatic heterocycles. The summed E-state index contributed by atoms with van der Waals surface area (Å²) in [6.45, 7) is 3.92. The summed E-state index contributed by atoms with van der Waals surface area (Å²) in [5.74, 6) is -1.28. The van der Waals surface area contributed by atoms with Crippen LogP contribution in [0.25, 0.3) is 0 Å². The highest BCUT2D eigenvalue weighted by molar-refractivity contribution is 6.35. The maximum Gasteiger partial charge on any atom is 0.308 e. The molecule has 23 heavy (non-hydrogen) atoms. The normalized spacial score (nSPS) is 22.5. The molecule has 1 saturated heterocycles. The van der Waals surface area contributed by atoms with Gasteiger partial charge in [0.1, 0.15) is 5.75 Å². The van der Waals surface area contributed by atoms with Gasteiger partial charge in [-0.1, -0.05) is 23.2 Å². The van der Waals surface area contributed by atoms with Crippen molar-refractivity contribution >= 4 is 35.1 Å². The van der Waals surface area contributed by atoms with Crippen molar-refractivity contribution in [2.24, 2.45) is 5.92 Å². The lowest BCUT2D eigenvalue weighted by atomic mass is 9.90.